The first-order valence-corrected chi connectivity index (χ1v) is 7.16. The first-order chi connectivity index (χ1) is 8.24. The first-order valence-electron chi connectivity index (χ1n) is 7.16. The molecule has 0 aromatic heterocycles. The van der Waals surface area contributed by atoms with E-state index in [1.165, 1.54) is 44.9 Å². The van der Waals surface area contributed by atoms with Crippen molar-refractivity contribution in [1.82, 2.24) is 10.6 Å². The summed E-state index contributed by atoms with van der Waals surface area (Å²) in [5.41, 5.74) is 0. The van der Waals surface area contributed by atoms with Crippen LogP contribution in [0.3, 0.4) is 0 Å². The average molecular weight is 240 g/mol. The topological polar surface area (TPSA) is 41.1 Å². The number of amides is 1. The second kappa shape index (κ2) is 8.51. The van der Waals surface area contributed by atoms with Gasteiger partial charge in [0, 0.05) is 19.0 Å². The fraction of sp³-hybridized carbons (Fsp3) is 0.929. The Morgan fingerprint density at radius 3 is 2.35 bits per heavy atom. The van der Waals surface area contributed by atoms with Gasteiger partial charge >= 0.3 is 0 Å². The largest absolute Gasteiger partial charge is 0.356 e. The SMILES string of the molecule is CNCC(C)C(=O)NCC1CCCCCCC1. The Bertz CT molecular complexity index is 210. The fourth-order valence-electron chi connectivity index (χ4n) is 2.56. The number of nitrogens with one attached hydrogen (secondary N) is 2. The Morgan fingerprint density at radius 2 is 1.76 bits per heavy atom. The van der Waals surface area contributed by atoms with E-state index in [0.717, 1.165) is 13.1 Å². The maximum atomic E-state index is 11.8. The lowest BCUT2D eigenvalue weighted by Gasteiger charge is -2.21. The van der Waals surface area contributed by atoms with Gasteiger partial charge in [0.15, 0.2) is 0 Å². The Morgan fingerprint density at radius 1 is 1.18 bits per heavy atom. The standard InChI is InChI=1S/C14H28N2O/c1-12(10-15-2)14(17)16-11-13-8-6-4-3-5-7-9-13/h12-13,15H,3-11H2,1-2H3,(H,16,17). The monoisotopic (exact) mass is 240 g/mol. The summed E-state index contributed by atoms with van der Waals surface area (Å²) in [4.78, 5) is 11.8. The molecule has 1 unspecified atom stereocenters. The van der Waals surface area contributed by atoms with Crippen LogP contribution in [0.25, 0.3) is 0 Å². The molecule has 1 aliphatic carbocycles. The highest BCUT2D eigenvalue weighted by atomic mass is 16.1. The Balaban J connectivity index is 2.20. The number of hydrogen-bond donors (Lipinski definition) is 2. The van der Waals surface area contributed by atoms with Gasteiger partial charge in [-0.25, -0.2) is 0 Å². The molecule has 100 valence electrons. The highest BCUT2D eigenvalue weighted by Gasteiger charge is 2.15. The van der Waals surface area contributed by atoms with Gasteiger partial charge in [-0.3, -0.25) is 4.79 Å². The lowest BCUT2D eigenvalue weighted by molar-refractivity contribution is -0.124. The van der Waals surface area contributed by atoms with Gasteiger partial charge in [0.05, 0.1) is 0 Å². The van der Waals surface area contributed by atoms with Crippen LogP contribution in [-0.4, -0.2) is 26.0 Å². The molecule has 0 aliphatic heterocycles. The van der Waals surface area contributed by atoms with Crippen molar-refractivity contribution in [3.05, 3.63) is 0 Å². The van der Waals surface area contributed by atoms with E-state index in [1.54, 1.807) is 0 Å². The predicted molar refractivity (Wildman–Crippen MR) is 71.9 cm³/mol. The van der Waals surface area contributed by atoms with E-state index in [2.05, 4.69) is 10.6 Å². The van der Waals surface area contributed by atoms with Crippen molar-refractivity contribution in [3.63, 3.8) is 0 Å². The molecule has 1 rings (SSSR count). The molecule has 0 aromatic rings. The van der Waals surface area contributed by atoms with Crippen molar-refractivity contribution >= 4 is 5.91 Å². The van der Waals surface area contributed by atoms with Crippen LogP contribution in [0.1, 0.15) is 51.9 Å². The van der Waals surface area contributed by atoms with Crippen molar-refractivity contribution in [2.45, 2.75) is 51.9 Å². The summed E-state index contributed by atoms with van der Waals surface area (Å²) < 4.78 is 0. The Hall–Kier alpha value is -0.570. The molecule has 1 atom stereocenters. The van der Waals surface area contributed by atoms with Crippen molar-refractivity contribution in [3.8, 4) is 0 Å². The third-order valence-electron chi connectivity index (χ3n) is 3.75. The van der Waals surface area contributed by atoms with Gasteiger partial charge in [0.2, 0.25) is 5.91 Å². The third kappa shape index (κ3) is 6.06. The van der Waals surface area contributed by atoms with Gasteiger partial charge in [0.1, 0.15) is 0 Å². The summed E-state index contributed by atoms with van der Waals surface area (Å²) >= 11 is 0. The lowest BCUT2D eigenvalue weighted by Crippen LogP contribution is -2.37. The average Bonchev–Trinajstić information content (AvgIpc) is 2.27. The fourth-order valence-corrected chi connectivity index (χ4v) is 2.56. The molecular formula is C14H28N2O. The highest BCUT2D eigenvalue weighted by molar-refractivity contribution is 5.78. The minimum absolute atomic E-state index is 0.0774. The first kappa shape index (κ1) is 14.5. The molecule has 3 heteroatoms. The summed E-state index contributed by atoms with van der Waals surface area (Å²) in [5.74, 6) is 0.982. The Kier molecular flexibility index (Phi) is 7.25. The zero-order valence-corrected chi connectivity index (χ0v) is 11.4. The predicted octanol–water partition coefficient (Wildman–Crippen LogP) is 2.32. The van der Waals surface area contributed by atoms with Crippen LogP contribution in [0.2, 0.25) is 0 Å². The molecular weight excluding hydrogens is 212 g/mol. The van der Waals surface area contributed by atoms with Crippen LogP contribution in [0, 0.1) is 11.8 Å². The number of carbonyl (C=O) groups excluding carboxylic acids is 1. The van der Waals surface area contributed by atoms with Crippen molar-refractivity contribution in [2.75, 3.05) is 20.1 Å². The zero-order chi connectivity index (χ0) is 12.5. The molecule has 1 fully saturated rings. The van der Waals surface area contributed by atoms with E-state index < -0.39 is 0 Å². The van der Waals surface area contributed by atoms with Crippen LogP contribution in [0.15, 0.2) is 0 Å². The third-order valence-corrected chi connectivity index (χ3v) is 3.75. The maximum Gasteiger partial charge on any atom is 0.224 e. The van der Waals surface area contributed by atoms with Crippen LogP contribution in [-0.2, 0) is 4.79 Å². The van der Waals surface area contributed by atoms with Crippen molar-refractivity contribution in [1.29, 1.82) is 0 Å². The van der Waals surface area contributed by atoms with Gasteiger partial charge in [-0.05, 0) is 25.8 Å². The normalized spacial score (nSPS) is 20.4. The molecule has 0 radical (unpaired) electrons. The minimum atomic E-state index is 0.0774. The van der Waals surface area contributed by atoms with E-state index in [0.29, 0.717) is 5.92 Å². The molecule has 1 aliphatic rings. The second-order valence-corrected chi connectivity index (χ2v) is 5.42. The van der Waals surface area contributed by atoms with Crippen molar-refractivity contribution < 1.29 is 4.79 Å². The Labute approximate surface area is 106 Å². The van der Waals surface area contributed by atoms with Crippen LogP contribution in [0.4, 0.5) is 0 Å². The lowest BCUT2D eigenvalue weighted by atomic mass is 9.91. The van der Waals surface area contributed by atoms with E-state index in [4.69, 9.17) is 0 Å². The maximum absolute atomic E-state index is 11.8. The van der Waals surface area contributed by atoms with Gasteiger partial charge in [-0.2, -0.15) is 0 Å². The van der Waals surface area contributed by atoms with Crippen LogP contribution in [0.5, 0.6) is 0 Å². The van der Waals surface area contributed by atoms with E-state index >= 15 is 0 Å². The molecule has 2 N–H and O–H groups in total. The zero-order valence-electron chi connectivity index (χ0n) is 11.4. The van der Waals surface area contributed by atoms with Crippen LogP contribution >= 0.6 is 0 Å². The van der Waals surface area contributed by atoms with Crippen molar-refractivity contribution in [2.24, 2.45) is 11.8 Å². The van der Waals surface area contributed by atoms with Gasteiger partial charge < -0.3 is 10.6 Å². The summed E-state index contributed by atoms with van der Waals surface area (Å²) in [6.45, 7) is 3.62. The molecule has 0 bridgehead atoms. The molecule has 0 saturated heterocycles. The van der Waals surface area contributed by atoms with E-state index in [1.807, 2.05) is 14.0 Å². The van der Waals surface area contributed by atoms with Gasteiger partial charge in [-0.15, -0.1) is 0 Å². The quantitative estimate of drug-likeness (QED) is 0.774. The number of rotatable bonds is 5. The number of hydrogen-bond acceptors (Lipinski definition) is 2. The summed E-state index contributed by atoms with van der Waals surface area (Å²) in [6, 6.07) is 0. The molecule has 0 spiro atoms. The molecule has 1 saturated carbocycles. The smallest absolute Gasteiger partial charge is 0.224 e. The van der Waals surface area contributed by atoms with Gasteiger partial charge in [-0.1, -0.05) is 39.0 Å². The van der Waals surface area contributed by atoms with E-state index in [9.17, 15) is 4.79 Å². The second-order valence-electron chi connectivity index (χ2n) is 5.42. The summed E-state index contributed by atoms with van der Waals surface area (Å²) in [6.07, 6.45) is 9.42. The minimum Gasteiger partial charge on any atom is -0.356 e. The summed E-state index contributed by atoms with van der Waals surface area (Å²) in [7, 11) is 1.89. The number of carbonyl (C=O) groups is 1. The summed E-state index contributed by atoms with van der Waals surface area (Å²) in [5, 5.41) is 6.15. The highest BCUT2D eigenvalue weighted by Crippen LogP contribution is 2.21. The van der Waals surface area contributed by atoms with E-state index in [-0.39, 0.29) is 11.8 Å². The molecule has 1 amide bonds. The molecule has 3 nitrogen and oxygen atoms in total. The van der Waals surface area contributed by atoms with Gasteiger partial charge in [0.25, 0.3) is 0 Å². The van der Waals surface area contributed by atoms with Crippen LogP contribution < -0.4 is 10.6 Å². The molecule has 17 heavy (non-hydrogen) atoms. The molecule has 0 heterocycles. The molecule has 0 aromatic carbocycles.